The lowest BCUT2D eigenvalue weighted by molar-refractivity contribution is 0.236. The van der Waals surface area contributed by atoms with Crippen LogP contribution in [-0.4, -0.2) is 11.6 Å². The normalized spacial score (nSPS) is 15.0. The average Bonchev–Trinajstić information content (AvgIpc) is 3.28. The first-order valence-corrected chi connectivity index (χ1v) is 6.97. The van der Waals surface area contributed by atoms with Crippen molar-refractivity contribution < 1.29 is 9.47 Å². The smallest absolute Gasteiger partial charge is 0.145 e. The minimum Gasteiger partial charge on any atom is -0.493 e. The lowest BCUT2D eigenvalue weighted by atomic mass is 10.1. The minimum atomic E-state index is 0.0969. The number of benzene rings is 1. The van der Waals surface area contributed by atoms with E-state index in [1.165, 1.54) is 0 Å². The van der Waals surface area contributed by atoms with Gasteiger partial charge in [-0.15, -0.1) is 0 Å². The van der Waals surface area contributed by atoms with Crippen LogP contribution in [-0.2, 0) is 0 Å². The maximum absolute atomic E-state index is 8.79. The van der Waals surface area contributed by atoms with Gasteiger partial charge in [-0.1, -0.05) is 0 Å². The summed E-state index contributed by atoms with van der Waals surface area (Å²) in [4.78, 5) is 4.00. The molecule has 21 heavy (non-hydrogen) atoms. The van der Waals surface area contributed by atoms with Crippen molar-refractivity contribution in [2.75, 3.05) is 6.61 Å². The number of pyridine rings is 1. The molecule has 4 heteroatoms. The Kier molecular flexibility index (Phi) is 3.74. The van der Waals surface area contributed by atoms with E-state index in [0.29, 0.717) is 18.8 Å². The van der Waals surface area contributed by atoms with Crippen molar-refractivity contribution in [3.8, 4) is 23.3 Å². The molecule has 2 aromatic rings. The molecule has 1 aliphatic rings. The van der Waals surface area contributed by atoms with E-state index in [1.54, 1.807) is 12.4 Å². The van der Waals surface area contributed by atoms with Crippen molar-refractivity contribution in [3.63, 3.8) is 0 Å². The van der Waals surface area contributed by atoms with E-state index < -0.39 is 0 Å². The Morgan fingerprint density at radius 1 is 1.10 bits per heavy atom. The van der Waals surface area contributed by atoms with Crippen LogP contribution in [0.1, 0.15) is 19.3 Å². The zero-order chi connectivity index (χ0) is 14.5. The van der Waals surface area contributed by atoms with Gasteiger partial charge in [0, 0.05) is 18.0 Å². The lowest BCUT2D eigenvalue weighted by Crippen LogP contribution is -2.12. The predicted octanol–water partition coefficient (Wildman–Crippen LogP) is 3.95. The maximum atomic E-state index is 8.79. The minimum absolute atomic E-state index is 0.0969. The fourth-order valence-corrected chi connectivity index (χ4v) is 2.10. The molecule has 1 aliphatic carbocycles. The molecule has 1 saturated carbocycles. The summed E-state index contributed by atoms with van der Waals surface area (Å²) < 4.78 is 11.4. The van der Waals surface area contributed by atoms with E-state index in [2.05, 4.69) is 11.1 Å². The summed E-state index contributed by atoms with van der Waals surface area (Å²) in [7, 11) is 0. The molecule has 3 rings (SSSR count). The van der Waals surface area contributed by atoms with E-state index in [0.717, 1.165) is 24.3 Å². The van der Waals surface area contributed by atoms with Gasteiger partial charge in [-0.2, -0.15) is 5.26 Å². The summed E-state index contributed by atoms with van der Waals surface area (Å²) in [6, 6.07) is 13.4. The van der Waals surface area contributed by atoms with E-state index in [-0.39, 0.29) is 5.41 Å². The first kappa shape index (κ1) is 13.4. The third-order valence-corrected chi connectivity index (χ3v) is 3.65. The van der Waals surface area contributed by atoms with Gasteiger partial charge < -0.3 is 9.47 Å². The van der Waals surface area contributed by atoms with Crippen molar-refractivity contribution in [1.82, 2.24) is 4.98 Å². The van der Waals surface area contributed by atoms with Crippen LogP contribution in [0.25, 0.3) is 0 Å². The Labute approximate surface area is 124 Å². The number of hydrogen-bond acceptors (Lipinski definition) is 4. The fraction of sp³-hybridized carbons (Fsp3) is 0.294. The topological polar surface area (TPSA) is 55.1 Å². The van der Waals surface area contributed by atoms with Crippen LogP contribution in [0.4, 0.5) is 0 Å². The van der Waals surface area contributed by atoms with Gasteiger partial charge in [-0.05, 0) is 49.2 Å². The van der Waals surface area contributed by atoms with Crippen molar-refractivity contribution in [3.05, 3.63) is 48.8 Å². The highest BCUT2D eigenvalue weighted by atomic mass is 16.5. The number of ether oxygens (including phenoxy) is 2. The van der Waals surface area contributed by atoms with E-state index in [1.807, 2.05) is 36.4 Å². The monoisotopic (exact) mass is 280 g/mol. The van der Waals surface area contributed by atoms with Gasteiger partial charge in [0.05, 0.1) is 18.9 Å². The summed E-state index contributed by atoms with van der Waals surface area (Å²) >= 11 is 0. The average molecular weight is 280 g/mol. The molecule has 1 fully saturated rings. The third-order valence-electron chi connectivity index (χ3n) is 3.65. The Morgan fingerprint density at radius 2 is 1.86 bits per heavy atom. The molecule has 0 amide bonds. The molecule has 0 aliphatic heterocycles. The second-order valence-corrected chi connectivity index (χ2v) is 5.39. The van der Waals surface area contributed by atoms with Gasteiger partial charge in [-0.25, -0.2) is 0 Å². The summed E-state index contributed by atoms with van der Waals surface area (Å²) in [6.07, 6.45) is 6.13. The molecule has 4 nitrogen and oxygen atoms in total. The Morgan fingerprint density at radius 3 is 2.48 bits per heavy atom. The lowest BCUT2D eigenvalue weighted by Gasteiger charge is -2.13. The molecule has 0 atom stereocenters. The van der Waals surface area contributed by atoms with Gasteiger partial charge >= 0.3 is 0 Å². The van der Waals surface area contributed by atoms with Crippen LogP contribution in [0, 0.1) is 16.7 Å². The van der Waals surface area contributed by atoms with Gasteiger partial charge in [-0.3, -0.25) is 4.98 Å². The Hall–Kier alpha value is -2.54. The summed E-state index contributed by atoms with van der Waals surface area (Å²) in [5.74, 6) is 2.25. The van der Waals surface area contributed by atoms with Crippen molar-refractivity contribution in [2.24, 2.45) is 5.41 Å². The number of aromatic nitrogens is 1. The molecule has 1 heterocycles. The summed E-state index contributed by atoms with van der Waals surface area (Å²) in [5.41, 5.74) is 0.0969. The molecule has 106 valence electrons. The Balaban J connectivity index is 1.56. The molecule has 0 unspecified atom stereocenters. The maximum Gasteiger partial charge on any atom is 0.145 e. The van der Waals surface area contributed by atoms with Crippen LogP contribution in [0.3, 0.4) is 0 Å². The highest BCUT2D eigenvalue weighted by Crippen LogP contribution is 2.48. The molecule has 1 aromatic heterocycles. The zero-order valence-corrected chi connectivity index (χ0v) is 11.7. The van der Waals surface area contributed by atoms with Crippen molar-refractivity contribution in [2.45, 2.75) is 19.3 Å². The van der Waals surface area contributed by atoms with Gasteiger partial charge in [0.1, 0.15) is 17.2 Å². The molecule has 0 bridgehead atoms. The highest BCUT2D eigenvalue weighted by Gasteiger charge is 2.43. The molecule has 0 spiro atoms. The molecular formula is C17H16N2O2. The van der Waals surface area contributed by atoms with Gasteiger partial charge in [0.2, 0.25) is 0 Å². The van der Waals surface area contributed by atoms with Crippen LogP contribution in [0.15, 0.2) is 48.8 Å². The number of hydrogen-bond donors (Lipinski definition) is 0. The number of nitrogens with zero attached hydrogens (tertiary/aromatic N) is 2. The van der Waals surface area contributed by atoms with Crippen LogP contribution in [0.5, 0.6) is 17.2 Å². The molecular weight excluding hydrogens is 264 g/mol. The van der Waals surface area contributed by atoms with Gasteiger partial charge in [0.25, 0.3) is 0 Å². The molecule has 0 N–H and O–H groups in total. The zero-order valence-electron chi connectivity index (χ0n) is 11.7. The van der Waals surface area contributed by atoms with Crippen LogP contribution >= 0.6 is 0 Å². The molecule has 0 saturated heterocycles. The van der Waals surface area contributed by atoms with Gasteiger partial charge in [0.15, 0.2) is 0 Å². The fourth-order valence-electron chi connectivity index (χ4n) is 2.10. The highest BCUT2D eigenvalue weighted by molar-refractivity contribution is 5.34. The molecule has 0 radical (unpaired) electrons. The second kappa shape index (κ2) is 5.84. The standard InChI is InChI=1S/C17H16N2O2/c18-10-9-17(7-8-17)13-20-14-3-5-15(6-4-14)21-16-2-1-11-19-12-16/h1-6,11-12H,7-9,13H2. The van der Waals surface area contributed by atoms with E-state index in [4.69, 9.17) is 14.7 Å². The summed E-state index contributed by atoms with van der Waals surface area (Å²) in [5, 5.41) is 8.79. The van der Waals surface area contributed by atoms with Crippen LogP contribution in [0.2, 0.25) is 0 Å². The van der Waals surface area contributed by atoms with Crippen LogP contribution < -0.4 is 9.47 Å². The Bertz CT molecular complexity index is 628. The SMILES string of the molecule is N#CCC1(COc2ccc(Oc3cccnc3)cc2)CC1. The van der Waals surface area contributed by atoms with E-state index in [9.17, 15) is 0 Å². The number of nitriles is 1. The first-order valence-electron chi connectivity index (χ1n) is 6.97. The largest absolute Gasteiger partial charge is 0.493 e. The van der Waals surface area contributed by atoms with Crippen molar-refractivity contribution >= 4 is 0 Å². The molecule has 1 aromatic carbocycles. The predicted molar refractivity (Wildman–Crippen MR) is 78.1 cm³/mol. The summed E-state index contributed by atoms with van der Waals surface area (Å²) in [6.45, 7) is 0.614. The quantitative estimate of drug-likeness (QED) is 0.804. The third kappa shape index (κ3) is 3.51. The number of rotatable bonds is 6. The van der Waals surface area contributed by atoms with Crippen molar-refractivity contribution in [1.29, 1.82) is 5.26 Å². The van der Waals surface area contributed by atoms with E-state index >= 15 is 0 Å². The second-order valence-electron chi connectivity index (χ2n) is 5.39. The first-order chi connectivity index (χ1) is 10.3.